The van der Waals surface area contributed by atoms with Crippen LogP contribution in [0.2, 0.25) is 0 Å². The van der Waals surface area contributed by atoms with E-state index in [-0.39, 0.29) is 6.04 Å². The topological polar surface area (TPSA) is 64.9 Å². The van der Waals surface area contributed by atoms with Crippen molar-refractivity contribution in [1.29, 1.82) is 0 Å². The molecule has 0 aliphatic heterocycles. The molecule has 0 spiro atoms. The van der Waals surface area contributed by atoms with E-state index in [9.17, 15) is 0 Å². The summed E-state index contributed by atoms with van der Waals surface area (Å²) in [6, 6.07) is 0.116. The third-order valence-electron chi connectivity index (χ3n) is 1.26. The molecular weight excluding hydrogens is 130 g/mol. The normalized spacial score (nSPS) is 13.5. The van der Waals surface area contributed by atoms with E-state index in [1.54, 1.807) is 0 Å². The van der Waals surface area contributed by atoms with Gasteiger partial charge in [-0.25, -0.2) is 4.63 Å². The van der Waals surface area contributed by atoms with Gasteiger partial charge in [0.1, 0.15) is 11.4 Å². The molecule has 0 radical (unpaired) electrons. The first-order valence-electron chi connectivity index (χ1n) is 3.23. The van der Waals surface area contributed by atoms with Crippen LogP contribution in [0.5, 0.6) is 0 Å². The van der Waals surface area contributed by atoms with Crippen LogP contribution in [0.1, 0.15) is 18.3 Å². The monoisotopic (exact) mass is 141 g/mol. The van der Waals surface area contributed by atoms with Crippen molar-refractivity contribution >= 4 is 0 Å². The molecule has 1 heterocycles. The SMILES string of the molecule is Cc1nonc1CC(C)N. The van der Waals surface area contributed by atoms with Crippen molar-refractivity contribution in [3.63, 3.8) is 0 Å². The molecule has 2 N–H and O–H groups in total. The van der Waals surface area contributed by atoms with Crippen LogP contribution in [0.4, 0.5) is 0 Å². The zero-order valence-corrected chi connectivity index (χ0v) is 6.16. The minimum atomic E-state index is 0.116. The Hall–Kier alpha value is -0.900. The first kappa shape index (κ1) is 7.21. The maximum Gasteiger partial charge on any atom is 0.109 e. The van der Waals surface area contributed by atoms with Crippen LogP contribution in [-0.2, 0) is 6.42 Å². The molecular formula is C6H11N3O. The number of aryl methyl sites for hydroxylation is 1. The number of nitrogens with two attached hydrogens (primary N) is 1. The second kappa shape index (κ2) is 2.79. The zero-order valence-electron chi connectivity index (χ0n) is 6.16. The predicted molar refractivity (Wildman–Crippen MR) is 36.4 cm³/mol. The first-order chi connectivity index (χ1) is 4.70. The highest BCUT2D eigenvalue weighted by molar-refractivity contribution is 5.05. The van der Waals surface area contributed by atoms with E-state index in [1.807, 2.05) is 13.8 Å². The molecule has 0 saturated heterocycles. The lowest BCUT2D eigenvalue weighted by Gasteiger charge is -1.98. The lowest BCUT2D eigenvalue weighted by atomic mass is 10.2. The highest BCUT2D eigenvalue weighted by atomic mass is 16.6. The van der Waals surface area contributed by atoms with Crippen molar-refractivity contribution in [2.45, 2.75) is 26.3 Å². The minimum absolute atomic E-state index is 0.116. The van der Waals surface area contributed by atoms with Gasteiger partial charge >= 0.3 is 0 Å². The van der Waals surface area contributed by atoms with Gasteiger partial charge in [-0.15, -0.1) is 0 Å². The lowest BCUT2D eigenvalue weighted by molar-refractivity contribution is 0.300. The lowest BCUT2D eigenvalue weighted by Crippen LogP contribution is -2.18. The van der Waals surface area contributed by atoms with Gasteiger partial charge in [-0.1, -0.05) is 10.3 Å². The Kier molecular flexibility index (Phi) is 2.01. The van der Waals surface area contributed by atoms with Crippen LogP contribution in [0.15, 0.2) is 4.63 Å². The Bertz CT molecular complexity index is 207. The Balaban J connectivity index is 2.65. The minimum Gasteiger partial charge on any atom is -0.328 e. The van der Waals surface area contributed by atoms with Gasteiger partial charge in [0.05, 0.1) is 0 Å². The fourth-order valence-corrected chi connectivity index (χ4v) is 0.740. The summed E-state index contributed by atoms with van der Waals surface area (Å²) in [5.41, 5.74) is 7.23. The van der Waals surface area contributed by atoms with Crippen LogP contribution >= 0.6 is 0 Å². The highest BCUT2D eigenvalue weighted by Crippen LogP contribution is 2.02. The van der Waals surface area contributed by atoms with Crippen LogP contribution in [0.3, 0.4) is 0 Å². The quantitative estimate of drug-likeness (QED) is 0.642. The molecule has 1 unspecified atom stereocenters. The van der Waals surface area contributed by atoms with E-state index >= 15 is 0 Å². The van der Waals surface area contributed by atoms with E-state index in [0.29, 0.717) is 0 Å². The van der Waals surface area contributed by atoms with Gasteiger partial charge in [-0.3, -0.25) is 0 Å². The van der Waals surface area contributed by atoms with Crippen LogP contribution in [0, 0.1) is 6.92 Å². The second-order valence-corrected chi connectivity index (χ2v) is 2.48. The summed E-state index contributed by atoms with van der Waals surface area (Å²) in [5, 5.41) is 7.32. The molecule has 1 rings (SSSR count). The molecule has 1 aromatic rings. The number of hydrogen-bond donors (Lipinski definition) is 1. The van der Waals surface area contributed by atoms with Crippen LogP contribution in [-0.4, -0.2) is 16.4 Å². The summed E-state index contributed by atoms with van der Waals surface area (Å²) < 4.78 is 4.49. The molecule has 0 aliphatic rings. The third kappa shape index (κ3) is 1.54. The standard InChI is InChI=1S/C6H11N3O/c1-4(7)3-6-5(2)8-10-9-6/h4H,3,7H2,1-2H3. The van der Waals surface area contributed by atoms with Gasteiger partial charge in [-0.05, 0) is 13.8 Å². The maximum absolute atomic E-state index is 5.54. The van der Waals surface area contributed by atoms with Crippen molar-refractivity contribution in [1.82, 2.24) is 10.3 Å². The second-order valence-electron chi connectivity index (χ2n) is 2.48. The Morgan fingerprint density at radius 3 is 2.70 bits per heavy atom. The molecule has 0 aromatic carbocycles. The molecule has 0 aliphatic carbocycles. The molecule has 4 heteroatoms. The number of hydrogen-bond acceptors (Lipinski definition) is 4. The van der Waals surface area contributed by atoms with Crippen LogP contribution < -0.4 is 5.73 Å². The van der Waals surface area contributed by atoms with Crippen molar-refractivity contribution in [2.24, 2.45) is 5.73 Å². The predicted octanol–water partition coefficient (Wildman–Crippen LogP) is 0.268. The molecule has 1 atom stereocenters. The number of aromatic nitrogens is 2. The molecule has 10 heavy (non-hydrogen) atoms. The summed E-state index contributed by atoms with van der Waals surface area (Å²) in [5.74, 6) is 0. The molecule has 4 nitrogen and oxygen atoms in total. The third-order valence-corrected chi connectivity index (χ3v) is 1.26. The summed E-state index contributed by atoms with van der Waals surface area (Å²) in [7, 11) is 0. The van der Waals surface area contributed by atoms with Gasteiger partial charge in [0, 0.05) is 12.5 Å². The summed E-state index contributed by atoms with van der Waals surface area (Å²) >= 11 is 0. The fourth-order valence-electron chi connectivity index (χ4n) is 0.740. The number of nitrogens with zero attached hydrogens (tertiary/aromatic N) is 2. The van der Waals surface area contributed by atoms with Gasteiger partial charge in [0.25, 0.3) is 0 Å². The van der Waals surface area contributed by atoms with Crippen LogP contribution in [0.25, 0.3) is 0 Å². The number of rotatable bonds is 2. The summed E-state index contributed by atoms with van der Waals surface area (Å²) in [4.78, 5) is 0. The average molecular weight is 141 g/mol. The Morgan fingerprint density at radius 2 is 2.30 bits per heavy atom. The summed E-state index contributed by atoms with van der Waals surface area (Å²) in [6.07, 6.45) is 0.731. The smallest absolute Gasteiger partial charge is 0.109 e. The van der Waals surface area contributed by atoms with Gasteiger partial charge in [-0.2, -0.15) is 0 Å². The van der Waals surface area contributed by atoms with Gasteiger partial charge in [0.2, 0.25) is 0 Å². The fraction of sp³-hybridized carbons (Fsp3) is 0.667. The van der Waals surface area contributed by atoms with Gasteiger partial charge < -0.3 is 5.73 Å². The molecule has 0 saturated carbocycles. The van der Waals surface area contributed by atoms with E-state index in [2.05, 4.69) is 14.9 Å². The van der Waals surface area contributed by atoms with E-state index in [4.69, 9.17) is 5.73 Å². The molecule has 56 valence electrons. The van der Waals surface area contributed by atoms with E-state index < -0.39 is 0 Å². The Morgan fingerprint density at radius 1 is 1.60 bits per heavy atom. The molecule has 0 fully saturated rings. The molecule has 0 amide bonds. The van der Waals surface area contributed by atoms with Crippen molar-refractivity contribution in [2.75, 3.05) is 0 Å². The van der Waals surface area contributed by atoms with Crippen molar-refractivity contribution in [3.8, 4) is 0 Å². The van der Waals surface area contributed by atoms with Crippen molar-refractivity contribution in [3.05, 3.63) is 11.4 Å². The highest BCUT2D eigenvalue weighted by Gasteiger charge is 2.06. The van der Waals surface area contributed by atoms with E-state index in [0.717, 1.165) is 17.8 Å². The first-order valence-corrected chi connectivity index (χ1v) is 3.23. The molecule has 1 aromatic heterocycles. The average Bonchev–Trinajstić information content (AvgIpc) is 2.15. The van der Waals surface area contributed by atoms with E-state index in [1.165, 1.54) is 0 Å². The molecule has 0 bridgehead atoms. The summed E-state index contributed by atoms with van der Waals surface area (Å²) in [6.45, 7) is 3.78. The largest absolute Gasteiger partial charge is 0.328 e. The maximum atomic E-state index is 5.54. The van der Waals surface area contributed by atoms with Crippen molar-refractivity contribution < 1.29 is 4.63 Å². The van der Waals surface area contributed by atoms with Gasteiger partial charge in [0.15, 0.2) is 0 Å². The zero-order chi connectivity index (χ0) is 7.56. The Labute approximate surface area is 59.4 Å².